The normalized spacial score (nSPS) is 10.4. The van der Waals surface area contributed by atoms with E-state index in [0.29, 0.717) is 24.8 Å². The maximum absolute atomic E-state index is 5.74. The molecule has 0 aliphatic heterocycles. The second-order valence-electron chi connectivity index (χ2n) is 2.77. The summed E-state index contributed by atoms with van der Waals surface area (Å²) in [5, 5.41) is 4.12. The van der Waals surface area contributed by atoms with Crippen molar-refractivity contribution in [3.63, 3.8) is 0 Å². The number of nitrogens with zero attached hydrogens (tertiary/aromatic N) is 2. The lowest BCUT2D eigenvalue weighted by molar-refractivity contribution is 0.141. The van der Waals surface area contributed by atoms with Crippen LogP contribution in [0.25, 0.3) is 0 Å². The van der Waals surface area contributed by atoms with Crippen LogP contribution in [0.15, 0.2) is 0 Å². The van der Waals surface area contributed by atoms with E-state index in [1.54, 1.807) is 18.8 Å². The van der Waals surface area contributed by atoms with Gasteiger partial charge in [0.25, 0.3) is 0 Å². The molecule has 0 unspecified atom stereocenters. The van der Waals surface area contributed by atoms with Crippen LogP contribution in [0.3, 0.4) is 0 Å². The number of nitrogens with two attached hydrogens (primary N) is 1. The SMILES string of the molecule is COCCOc1c(N)c(C)nn1C. The lowest BCUT2D eigenvalue weighted by atomic mass is 10.4. The van der Waals surface area contributed by atoms with Gasteiger partial charge in [-0.1, -0.05) is 0 Å². The first-order valence-corrected chi connectivity index (χ1v) is 4.07. The fraction of sp³-hybridized carbons (Fsp3) is 0.625. The molecule has 2 N–H and O–H groups in total. The van der Waals surface area contributed by atoms with E-state index in [4.69, 9.17) is 15.2 Å². The molecule has 1 aromatic rings. The molecule has 0 aliphatic carbocycles. The molecule has 5 heteroatoms. The Hall–Kier alpha value is -1.23. The second-order valence-corrected chi connectivity index (χ2v) is 2.77. The van der Waals surface area contributed by atoms with E-state index in [0.717, 1.165) is 5.69 Å². The molecule has 5 nitrogen and oxygen atoms in total. The van der Waals surface area contributed by atoms with E-state index in [9.17, 15) is 0 Å². The Kier molecular flexibility index (Phi) is 3.13. The standard InChI is InChI=1S/C8H15N3O2/c1-6-7(9)8(11(2)10-6)13-5-4-12-3/h4-5,9H2,1-3H3. The van der Waals surface area contributed by atoms with Gasteiger partial charge < -0.3 is 15.2 Å². The number of aryl methyl sites for hydroxylation is 2. The van der Waals surface area contributed by atoms with Crippen molar-refractivity contribution in [1.82, 2.24) is 9.78 Å². The van der Waals surface area contributed by atoms with Gasteiger partial charge >= 0.3 is 0 Å². The van der Waals surface area contributed by atoms with Crippen LogP contribution in [0.2, 0.25) is 0 Å². The number of rotatable bonds is 4. The highest BCUT2D eigenvalue weighted by molar-refractivity contribution is 5.52. The summed E-state index contributed by atoms with van der Waals surface area (Å²) in [6.07, 6.45) is 0. The first-order chi connectivity index (χ1) is 6.16. The summed E-state index contributed by atoms with van der Waals surface area (Å²) >= 11 is 0. The van der Waals surface area contributed by atoms with Gasteiger partial charge in [-0.15, -0.1) is 0 Å². The number of hydrogen-bond donors (Lipinski definition) is 1. The molecule has 0 spiro atoms. The van der Waals surface area contributed by atoms with Gasteiger partial charge in [0.1, 0.15) is 12.3 Å². The Labute approximate surface area is 77.4 Å². The van der Waals surface area contributed by atoms with E-state index in [1.165, 1.54) is 0 Å². The molecule has 0 saturated heterocycles. The monoisotopic (exact) mass is 185 g/mol. The highest BCUT2D eigenvalue weighted by atomic mass is 16.5. The molecule has 74 valence electrons. The molecule has 0 atom stereocenters. The number of ether oxygens (including phenoxy) is 2. The van der Waals surface area contributed by atoms with Crippen LogP contribution in [-0.4, -0.2) is 30.1 Å². The zero-order valence-corrected chi connectivity index (χ0v) is 8.20. The quantitative estimate of drug-likeness (QED) is 0.687. The lowest BCUT2D eigenvalue weighted by Crippen LogP contribution is -2.08. The van der Waals surface area contributed by atoms with Crippen molar-refractivity contribution in [3.05, 3.63) is 5.69 Å². The summed E-state index contributed by atoms with van der Waals surface area (Å²) in [5.74, 6) is 0.606. The maximum Gasteiger partial charge on any atom is 0.235 e. The number of anilines is 1. The van der Waals surface area contributed by atoms with Gasteiger partial charge in [-0.2, -0.15) is 5.10 Å². The Morgan fingerprint density at radius 2 is 2.15 bits per heavy atom. The molecule has 1 heterocycles. The van der Waals surface area contributed by atoms with Crippen LogP contribution in [0.4, 0.5) is 5.69 Å². The van der Waals surface area contributed by atoms with Gasteiger partial charge in [0.05, 0.1) is 12.3 Å². The van der Waals surface area contributed by atoms with Crippen molar-refractivity contribution in [1.29, 1.82) is 0 Å². The Morgan fingerprint density at radius 3 is 2.62 bits per heavy atom. The van der Waals surface area contributed by atoms with E-state index < -0.39 is 0 Å². The minimum absolute atomic E-state index is 0.486. The average molecular weight is 185 g/mol. The molecule has 1 aromatic heterocycles. The van der Waals surface area contributed by atoms with Crippen molar-refractivity contribution >= 4 is 5.69 Å². The highest BCUT2D eigenvalue weighted by Crippen LogP contribution is 2.23. The van der Waals surface area contributed by atoms with Crippen LogP contribution in [-0.2, 0) is 11.8 Å². The summed E-state index contributed by atoms with van der Waals surface area (Å²) in [6, 6.07) is 0. The molecule has 13 heavy (non-hydrogen) atoms. The minimum atomic E-state index is 0.486. The topological polar surface area (TPSA) is 62.3 Å². The van der Waals surface area contributed by atoms with Crippen LogP contribution in [0.5, 0.6) is 5.88 Å². The third-order valence-electron chi connectivity index (χ3n) is 1.74. The number of methoxy groups -OCH3 is 1. The predicted molar refractivity (Wildman–Crippen MR) is 49.7 cm³/mol. The fourth-order valence-electron chi connectivity index (χ4n) is 1.05. The molecule has 0 aromatic carbocycles. The van der Waals surface area contributed by atoms with E-state index in [1.807, 2.05) is 6.92 Å². The third-order valence-corrected chi connectivity index (χ3v) is 1.74. The largest absolute Gasteiger partial charge is 0.474 e. The van der Waals surface area contributed by atoms with Crippen LogP contribution < -0.4 is 10.5 Å². The van der Waals surface area contributed by atoms with E-state index >= 15 is 0 Å². The zero-order valence-electron chi connectivity index (χ0n) is 8.20. The Morgan fingerprint density at radius 1 is 1.46 bits per heavy atom. The summed E-state index contributed by atoms with van der Waals surface area (Å²) in [5.41, 5.74) is 7.12. The van der Waals surface area contributed by atoms with Crippen molar-refractivity contribution in [3.8, 4) is 5.88 Å². The molecule has 0 amide bonds. The van der Waals surface area contributed by atoms with Gasteiger partial charge in [-0.25, -0.2) is 4.68 Å². The molecule has 0 bridgehead atoms. The first kappa shape index (κ1) is 9.85. The molecular formula is C8H15N3O2. The molecular weight excluding hydrogens is 170 g/mol. The van der Waals surface area contributed by atoms with Crippen LogP contribution in [0.1, 0.15) is 5.69 Å². The first-order valence-electron chi connectivity index (χ1n) is 4.07. The third kappa shape index (κ3) is 2.12. The Balaban J connectivity index is 2.64. The van der Waals surface area contributed by atoms with Gasteiger partial charge in [-0.05, 0) is 6.92 Å². The zero-order chi connectivity index (χ0) is 9.84. The summed E-state index contributed by atoms with van der Waals surface area (Å²) in [6.45, 7) is 2.88. The van der Waals surface area contributed by atoms with Gasteiger partial charge in [-0.3, -0.25) is 0 Å². The average Bonchev–Trinajstić information content (AvgIpc) is 2.32. The van der Waals surface area contributed by atoms with Crippen LogP contribution >= 0.6 is 0 Å². The van der Waals surface area contributed by atoms with Crippen molar-refractivity contribution in [2.75, 3.05) is 26.1 Å². The summed E-state index contributed by atoms with van der Waals surface area (Å²) in [4.78, 5) is 0. The van der Waals surface area contributed by atoms with Gasteiger partial charge in [0.2, 0.25) is 5.88 Å². The van der Waals surface area contributed by atoms with Gasteiger partial charge in [0.15, 0.2) is 0 Å². The van der Waals surface area contributed by atoms with E-state index in [-0.39, 0.29) is 0 Å². The van der Waals surface area contributed by atoms with Gasteiger partial charge in [0, 0.05) is 14.2 Å². The number of nitrogen functional groups attached to an aromatic ring is 1. The maximum atomic E-state index is 5.74. The molecule has 1 rings (SSSR count). The lowest BCUT2D eigenvalue weighted by Gasteiger charge is -2.05. The fourth-order valence-corrected chi connectivity index (χ4v) is 1.05. The minimum Gasteiger partial charge on any atom is -0.474 e. The number of hydrogen-bond acceptors (Lipinski definition) is 4. The predicted octanol–water partition coefficient (Wildman–Crippen LogP) is 0.336. The number of aromatic nitrogens is 2. The molecule has 0 saturated carbocycles. The molecule has 0 fully saturated rings. The Bertz CT molecular complexity index is 283. The smallest absolute Gasteiger partial charge is 0.235 e. The second kappa shape index (κ2) is 4.13. The van der Waals surface area contributed by atoms with E-state index in [2.05, 4.69) is 5.10 Å². The summed E-state index contributed by atoms with van der Waals surface area (Å²) in [7, 11) is 3.42. The molecule has 0 radical (unpaired) electrons. The van der Waals surface area contributed by atoms with Crippen molar-refractivity contribution in [2.24, 2.45) is 7.05 Å². The van der Waals surface area contributed by atoms with Crippen LogP contribution in [0, 0.1) is 6.92 Å². The molecule has 0 aliphatic rings. The van der Waals surface area contributed by atoms with Crippen molar-refractivity contribution < 1.29 is 9.47 Å². The summed E-state index contributed by atoms with van der Waals surface area (Å²) < 4.78 is 11.9. The van der Waals surface area contributed by atoms with Crippen molar-refractivity contribution in [2.45, 2.75) is 6.92 Å². The highest BCUT2D eigenvalue weighted by Gasteiger charge is 2.10.